The van der Waals surface area contributed by atoms with Crippen LogP contribution < -0.4 is 4.74 Å². The lowest BCUT2D eigenvalue weighted by Crippen LogP contribution is -1.83. The lowest BCUT2D eigenvalue weighted by molar-refractivity contribution is 0.102. The van der Waals surface area contributed by atoms with Crippen LogP contribution in [-0.4, -0.2) is 12.9 Å². The van der Waals surface area contributed by atoms with Crippen LogP contribution in [0.1, 0.15) is 16.6 Å². The van der Waals surface area contributed by atoms with Gasteiger partial charge in [0.1, 0.15) is 5.75 Å². The number of benzene rings is 2. The third-order valence-corrected chi connectivity index (χ3v) is 5.44. The molecule has 2 aromatic carbocycles. The zero-order chi connectivity index (χ0) is 14.8. The van der Waals surface area contributed by atoms with E-state index in [0.717, 1.165) is 25.6 Å². The molecule has 0 saturated carbocycles. The van der Waals surface area contributed by atoms with E-state index in [9.17, 15) is 4.79 Å². The predicted octanol–water partition coefficient (Wildman–Crippen LogP) is 5.26. The van der Waals surface area contributed by atoms with Crippen LogP contribution in [0.25, 0.3) is 10.1 Å². The number of carbonyl (C=O) groups is 1. The Bertz CT molecular complexity index is 788. The second-order valence-electron chi connectivity index (χ2n) is 4.61. The molecule has 0 aliphatic rings. The second-order valence-corrected chi connectivity index (χ2v) is 6.81. The number of hydrogen-bond acceptors (Lipinski definition) is 4. The molecule has 0 aliphatic carbocycles. The van der Waals surface area contributed by atoms with E-state index in [2.05, 4.69) is 12.1 Å². The van der Waals surface area contributed by atoms with E-state index in [4.69, 9.17) is 4.74 Å². The van der Waals surface area contributed by atoms with Gasteiger partial charge in [0.2, 0.25) is 0 Å². The first-order valence-electron chi connectivity index (χ1n) is 6.53. The maximum atomic E-state index is 11.5. The molecule has 0 unspecified atom stereocenters. The van der Waals surface area contributed by atoms with Crippen molar-refractivity contribution in [3.63, 3.8) is 0 Å². The summed E-state index contributed by atoms with van der Waals surface area (Å²) in [6, 6.07) is 16.2. The van der Waals surface area contributed by atoms with Gasteiger partial charge in [-0.2, -0.15) is 0 Å². The third kappa shape index (κ3) is 2.96. The molecule has 1 aromatic heterocycles. The highest BCUT2D eigenvalue weighted by molar-refractivity contribution is 7.99. The summed E-state index contributed by atoms with van der Waals surface area (Å²) in [5.41, 5.74) is 0. The fraction of sp³-hybridized carbons (Fsp3) is 0.118. The van der Waals surface area contributed by atoms with Crippen LogP contribution in [0.3, 0.4) is 0 Å². The number of rotatable bonds is 4. The number of thiophene rings is 1. The summed E-state index contributed by atoms with van der Waals surface area (Å²) < 4.78 is 6.33. The van der Waals surface area contributed by atoms with Gasteiger partial charge in [-0.1, -0.05) is 17.8 Å². The van der Waals surface area contributed by atoms with Gasteiger partial charge in [-0.3, -0.25) is 4.79 Å². The molecule has 2 nitrogen and oxygen atoms in total. The summed E-state index contributed by atoms with van der Waals surface area (Å²) in [7, 11) is 1.66. The van der Waals surface area contributed by atoms with Crippen molar-refractivity contribution in [1.29, 1.82) is 0 Å². The molecule has 0 bridgehead atoms. The molecule has 0 spiro atoms. The van der Waals surface area contributed by atoms with E-state index < -0.39 is 0 Å². The minimum absolute atomic E-state index is 0.122. The molecule has 0 atom stereocenters. The number of carbonyl (C=O) groups excluding carboxylic acids is 1. The van der Waals surface area contributed by atoms with Crippen LogP contribution in [0.15, 0.2) is 58.3 Å². The monoisotopic (exact) mass is 314 g/mol. The van der Waals surface area contributed by atoms with E-state index in [1.807, 2.05) is 36.4 Å². The molecule has 3 rings (SSSR count). The molecule has 0 amide bonds. The predicted molar refractivity (Wildman–Crippen MR) is 88.9 cm³/mol. The maximum Gasteiger partial charge on any atom is 0.169 e. The van der Waals surface area contributed by atoms with Gasteiger partial charge in [0.15, 0.2) is 5.78 Å². The molecule has 0 aliphatic heterocycles. The Morgan fingerprint density at radius 3 is 2.57 bits per heavy atom. The van der Waals surface area contributed by atoms with Crippen LogP contribution in [-0.2, 0) is 0 Å². The van der Waals surface area contributed by atoms with Crippen molar-refractivity contribution >= 4 is 39.0 Å². The number of Topliss-reactive ketones (excluding diaryl/α,β-unsaturated/α-hetero) is 1. The number of ketones is 1. The molecule has 1 heterocycles. The highest BCUT2D eigenvalue weighted by atomic mass is 32.2. The van der Waals surface area contributed by atoms with Gasteiger partial charge >= 0.3 is 0 Å². The molecule has 0 fully saturated rings. The maximum absolute atomic E-state index is 11.5. The van der Waals surface area contributed by atoms with E-state index in [0.29, 0.717) is 0 Å². The van der Waals surface area contributed by atoms with E-state index in [1.54, 1.807) is 37.1 Å². The van der Waals surface area contributed by atoms with Crippen LogP contribution in [0, 0.1) is 0 Å². The molecular formula is C17H14O2S2. The molecule has 0 radical (unpaired) electrons. The van der Waals surface area contributed by atoms with Crippen LogP contribution in [0.2, 0.25) is 0 Å². The summed E-state index contributed by atoms with van der Waals surface area (Å²) in [5, 5.41) is 1.15. The van der Waals surface area contributed by atoms with E-state index in [-0.39, 0.29) is 5.78 Å². The van der Waals surface area contributed by atoms with Crippen molar-refractivity contribution in [2.75, 3.05) is 7.11 Å². The first-order chi connectivity index (χ1) is 10.2. The van der Waals surface area contributed by atoms with Crippen LogP contribution in [0.5, 0.6) is 5.75 Å². The van der Waals surface area contributed by atoms with Gasteiger partial charge in [0, 0.05) is 19.9 Å². The summed E-state index contributed by atoms with van der Waals surface area (Å²) in [6.07, 6.45) is 0. The zero-order valence-corrected chi connectivity index (χ0v) is 13.4. The molecule has 21 heavy (non-hydrogen) atoms. The zero-order valence-electron chi connectivity index (χ0n) is 11.8. The smallest absolute Gasteiger partial charge is 0.169 e. The Labute approximate surface area is 131 Å². The molecule has 4 heteroatoms. The molecule has 0 saturated heterocycles. The van der Waals surface area contributed by atoms with Gasteiger partial charge in [-0.05, 0) is 49.4 Å². The lowest BCUT2D eigenvalue weighted by atomic mass is 10.2. The average Bonchev–Trinajstić information content (AvgIpc) is 2.93. The first-order valence-corrected chi connectivity index (χ1v) is 8.16. The topological polar surface area (TPSA) is 26.3 Å². The Hall–Kier alpha value is -1.78. The van der Waals surface area contributed by atoms with Gasteiger partial charge in [-0.25, -0.2) is 0 Å². The Balaban J connectivity index is 1.97. The van der Waals surface area contributed by atoms with Crippen molar-refractivity contribution in [2.24, 2.45) is 0 Å². The summed E-state index contributed by atoms with van der Waals surface area (Å²) in [6.45, 7) is 1.61. The molecule has 106 valence electrons. The number of methoxy groups -OCH3 is 1. The largest absolute Gasteiger partial charge is 0.497 e. The Kier molecular flexibility index (Phi) is 3.99. The molecule has 0 N–H and O–H groups in total. The third-order valence-electron chi connectivity index (χ3n) is 3.16. The minimum atomic E-state index is 0.122. The Morgan fingerprint density at radius 2 is 1.90 bits per heavy atom. The lowest BCUT2D eigenvalue weighted by Gasteiger charge is -2.04. The van der Waals surface area contributed by atoms with Gasteiger partial charge in [0.25, 0.3) is 0 Å². The normalized spacial score (nSPS) is 10.8. The van der Waals surface area contributed by atoms with Crippen LogP contribution in [0.4, 0.5) is 0 Å². The van der Waals surface area contributed by atoms with Gasteiger partial charge < -0.3 is 4.74 Å². The number of hydrogen-bond donors (Lipinski definition) is 0. The quantitative estimate of drug-likeness (QED) is 0.614. The van der Waals surface area contributed by atoms with Gasteiger partial charge in [-0.15, -0.1) is 11.3 Å². The average molecular weight is 314 g/mol. The summed E-state index contributed by atoms with van der Waals surface area (Å²) in [4.78, 5) is 14.7. The van der Waals surface area contributed by atoms with Crippen LogP contribution >= 0.6 is 23.1 Å². The van der Waals surface area contributed by atoms with Gasteiger partial charge in [0.05, 0.1) is 12.0 Å². The van der Waals surface area contributed by atoms with Crippen molar-refractivity contribution in [3.8, 4) is 5.75 Å². The standard InChI is InChI=1S/C17H14O2S2/c1-11(18)17-10-14-15(4-3-5-16(14)21-17)20-13-8-6-12(19-2)7-9-13/h3-10H,1-2H3. The summed E-state index contributed by atoms with van der Waals surface area (Å²) in [5.74, 6) is 0.976. The first kappa shape index (κ1) is 14.2. The minimum Gasteiger partial charge on any atom is -0.497 e. The SMILES string of the molecule is COc1ccc(Sc2cccc3sc(C(C)=O)cc23)cc1. The highest BCUT2D eigenvalue weighted by Crippen LogP contribution is 2.37. The molecule has 3 aromatic rings. The van der Waals surface area contributed by atoms with Crippen molar-refractivity contribution < 1.29 is 9.53 Å². The number of ether oxygens (including phenoxy) is 1. The van der Waals surface area contributed by atoms with E-state index >= 15 is 0 Å². The molecular weight excluding hydrogens is 300 g/mol. The fourth-order valence-corrected chi connectivity index (χ4v) is 4.07. The highest BCUT2D eigenvalue weighted by Gasteiger charge is 2.10. The Morgan fingerprint density at radius 1 is 1.14 bits per heavy atom. The van der Waals surface area contributed by atoms with Crippen molar-refractivity contribution in [1.82, 2.24) is 0 Å². The second kappa shape index (κ2) is 5.92. The summed E-state index contributed by atoms with van der Waals surface area (Å²) >= 11 is 3.25. The van der Waals surface area contributed by atoms with Crippen molar-refractivity contribution in [2.45, 2.75) is 16.7 Å². The van der Waals surface area contributed by atoms with E-state index in [1.165, 1.54) is 4.90 Å². The number of fused-ring (bicyclic) bond motifs is 1. The van der Waals surface area contributed by atoms with Crippen molar-refractivity contribution in [3.05, 3.63) is 53.4 Å². The fourth-order valence-electron chi connectivity index (χ4n) is 2.07.